The average molecular weight is 296 g/mol. The second kappa shape index (κ2) is 9.12. The molecule has 2 saturated carbocycles. The first kappa shape index (κ1) is 17.2. The van der Waals surface area contributed by atoms with Gasteiger partial charge in [-0.25, -0.2) is 0 Å². The Labute approximate surface area is 131 Å². The molecule has 2 aliphatic carbocycles. The predicted molar refractivity (Wildman–Crippen MR) is 89.6 cm³/mol. The molecule has 0 aromatic carbocycles. The Kier molecular flexibility index (Phi) is 7.48. The quantitative estimate of drug-likeness (QED) is 0.507. The molecule has 21 heavy (non-hydrogen) atoms. The van der Waals surface area contributed by atoms with Crippen molar-refractivity contribution in [1.82, 2.24) is 10.2 Å². The largest absolute Gasteiger partial charge is 0.395 e. The van der Waals surface area contributed by atoms with Gasteiger partial charge in [0.05, 0.1) is 6.61 Å². The third-order valence-electron chi connectivity index (χ3n) is 5.61. The van der Waals surface area contributed by atoms with Gasteiger partial charge in [0.25, 0.3) is 0 Å². The molecular weight excluding hydrogens is 260 g/mol. The number of aliphatic hydroxyl groups is 1. The number of aliphatic hydroxyl groups excluding tert-OH is 1. The lowest BCUT2D eigenvalue weighted by Gasteiger charge is -2.44. The summed E-state index contributed by atoms with van der Waals surface area (Å²) >= 11 is 0. The van der Waals surface area contributed by atoms with Gasteiger partial charge in [0, 0.05) is 25.7 Å². The molecule has 2 rings (SSSR count). The molecule has 2 fully saturated rings. The number of hydrogen-bond donors (Lipinski definition) is 2. The summed E-state index contributed by atoms with van der Waals surface area (Å²) in [5.74, 6) is 0. The summed E-state index contributed by atoms with van der Waals surface area (Å²) in [5.41, 5.74) is 0.455. The van der Waals surface area contributed by atoms with Gasteiger partial charge in [-0.05, 0) is 44.1 Å². The van der Waals surface area contributed by atoms with Crippen molar-refractivity contribution in [3.05, 3.63) is 0 Å². The molecule has 0 atom stereocenters. The SMILES string of the molecule is CCCNCC1(CN(CCO)C2CCC2)CCCCCC1. The Morgan fingerprint density at radius 1 is 1.10 bits per heavy atom. The van der Waals surface area contributed by atoms with E-state index in [1.807, 2.05) is 0 Å². The van der Waals surface area contributed by atoms with E-state index in [-0.39, 0.29) is 0 Å². The van der Waals surface area contributed by atoms with Crippen LogP contribution in [-0.2, 0) is 0 Å². The summed E-state index contributed by atoms with van der Waals surface area (Å²) in [6.45, 7) is 6.96. The summed E-state index contributed by atoms with van der Waals surface area (Å²) < 4.78 is 0. The molecule has 2 N–H and O–H groups in total. The van der Waals surface area contributed by atoms with E-state index < -0.39 is 0 Å². The highest BCUT2D eigenvalue weighted by molar-refractivity contribution is 4.90. The van der Waals surface area contributed by atoms with Crippen molar-refractivity contribution < 1.29 is 5.11 Å². The van der Waals surface area contributed by atoms with E-state index in [1.165, 1.54) is 77.3 Å². The molecule has 0 radical (unpaired) electrons. The van der Waals surface area contributed by atoms with Crippen LogP contribution in [-0.4, -0.2) is 48.8 Å². The molecule has 0 saturated heterocycles. The molecule has 0 heterocycles. The Morgan fingerprint density at radius 3 is 2.33 bits per heavy atom. The number of hydrogen-bond acceptors (Lipinski definition) is 3. The van der Waals surface area contributed by atoms with Crippen molar-refractivity contribution in [3.63, 3.8) is 0 Å². The molecule has 3 nitrogen and oxygen atoms in total. The van der Waals surface area contributed by atoms with Crippen molar-refractivity contribution >= 4 is 0 Å². The van der Waals surface area contributed by atoms with Gasteiger partial charge in [0.2, 0.25) is 0 Å². The van der Waals surface area contributed by atoms with Crippen LogP contribution in [0.2, 0.25) is 0 Å². The van der Waals surface area contributed by atoms with Gasteiger partial charge in [-0.2, -0.15) is 0 Å². The maximum atomic E-state index is 9.43. The fourth-order valence-electron chi connectivity index (χ4n) is 4.10. The molecule has 0 aliphatic heterocycles. The number of nitrogens with zero attached hydrogens (tertiary/aromatic N) is 1. The average Bonchev–Trinajstić information content (AvgIpc) is 2.63. The summed E-state index contributed by atoms with van der Waals surface area (Å²) in [4.78, 5) is 2.61. The predicted octanol–water partition coefficient (Wildman–Crippen LogP) is 3.17. The lowest BCUT2D eigenvalue weighted by molar-refractivity contribution is 0.0450. The van der Waals surface area contributed by atoms with Crippen LogP contribution in [0.15, 0.2) is 0 Å². The van der Waals surface area contributed by atoms with Crippen molar-refractivity contribution in [2.24, 2.45) is 5.41 Å². The minimum Gasteiger partial charge on any atom is -0.395 e. The van der Waals surface area contributed by atoms with Crippen molar-refractivity contribution in [3.8, 4) is 0 Å². The molecule has 2 aliphatic rings. The van der Waals surface area contributed by atoms with E-state index in [9.17, 15) is 5.11 Å². The molecule has 0 aromatic heterocycles. The van der Waals surface area contributed by atoms with Crippen LogP contribution in [0.3, 0.4) is 0 Å². The normalized spacial score (nSPS) is 23.0. The van der Waals surface area contributed by atoms with Gasteiger partial charge >= 0.3 is 0 Å². The molecule has 0 aromatic rings. The number of rotatable bonds is 9. The van der Waals surface area contributed by atoms with Crippen molar-refractivity contribution in [2.75, 3.05) is 32.8 Å². The zero-order chi connectivity index (χ0) is 15.0. The van der Waals surface area contributed by atoms with Crippen molar-refractivity contribution in [1.29, 1.82) is 0 Å². The Balaban J connectivity index is 1.97. The molecular formula is C18H36N2O. The summed E-state index contributed by atoms with van der Waals surface area (Å²) in [6.07, 6.45) is 13.7. The first-order valence-electron chi connectivity index (χ1n) is 9.35. The van der Waals surface area contributed by atoms with Gasteiger partial charge in [-0.15, -0.1) is 0 Å². The summed E-state index contributed by atoms with van der Waals surface area (Å²) in [5, 5.41) is 13.1. The van der Waals surface area contributed by atoms with Crippen molar-refractivity contribution in [2.45, 2.75) is 77.2 Å². The zero-order valence-corrected chi connectivity index (χ0v) is 14.1. The fraction of sp³-hybridized carbons (Fsp3) is 1.00. The zero-order valence-electron chi connectivity index (χ0n) is 14.1. The standard InChI is InChI=1S/C18H36N2O/c1-2-12-19-15-18(10-5-3-4-6-11-18)16-20(13-14-21)17-8-7-9-17/h17,19,21H,2-16H2,1H3. The van der Waals surface area contributed by atoms with Gasteiger partial charge < -0.3 is 10.4 Å². The fourth-order valence-corrected chi connectivity index (χ4v) is 4.10. The van der Waals surface area contributed by atoms with Crippen LogP contribution in [0.25, 0.3) is 0 Å². The van der Waals surface area contributed by atoms with E-state index in [1.54, 1.807) is 0 Å². The lowest BCUT2D eigenvalue weighted by Crippen LogP contribution is -2.50. The first-order valence-corrected chi connectivity index (χ1v) is 9.35. The summed E-state index contributed by atoms with van der Waals surface area (Å²) in [6, 6.07) is 0.753. The minimum absolute atomic E-state index is 0.314. The van der Waals surface area contributed by atoms with E-state index in [0.29, 0.717) is 12.0 Å². The Hall–Kier alpha value is -0.120. The van der Waals surface area contributed by atoms with Crippen LogP contribution in [0, 0.1) is 5.41 Å². The topological polar surface area (TPSA) is 35.5 Å². The lowest BCUT2D eigenvalue weighted by atomic mass is 9.78. The van der Waals surface area contributed by atoms with Gasteiger partial charge in [-0.3, -0.25) is 4.90 Å². The van der Waals surface area contributed by atoms with Crippen LogP contribution >= 0.6 is 0 Å². The van der Waals surface area contributed by atoms with E-state index in [4.69, 9.17) is 0 Å². The highest BCUT2D eigenvalue weighted by Gasteiger charge is 2.35. The monoisotopic (exact) mass is 296 g/mol. The second-order valence-electron chi connectivity index (χ2n) is 7.37. The highest BCUT2D eigenvalue weighted by Crippen LogP contribution is 2.37. The molecule has 3 heteroatoms. The molecule has 124 valence electrons. The molecule has 0 unspecified atom stereocenters. The Bertz CT molecular complexity index is 270. The molecule has 0 bridgehead atoms. The highest BCUT2D eigenvalue weighted by atomic mass is 16.3. The van der Waals surface area contributed by atoms with E-state index >= 15 is 0 Å². The maximum Gasteiger partial charge on any atom is 0.0558 e. The summed E-state index contributed by atoms with van der Waals surface area (Å²) in [7, 11) is 0. The third-order valence-corrected chi connectivity index (χ3v) is 5.61. The van der Waals surface area contributed by atoms with Gasteiger partial charge in [-0.1, -0.05) is 39.0 Å². The van der Waals surface area contributed by atoms with E-state index in [2.05, 4.69) is 17.1 Å². The van der Waals surface area contributed by atoms with Crippen LogP contribution < -0.4 is 5.32 Å². The second-order valence-corrected chi connectivity index (χ2v) is 7.37. The molecule has 0 spiro atoms. The Morgan fingerprint density at radius 2 is 1.81 bits per heavy atom. The van der Waals surface area contributed by atoms with Crippen LogP contribution in [0.5, 0.6) is 0 Å². The van der Waals surface area contributed by atoms with Gasteiger partial charge in [0.1, 0.15) is 0 Å². The maximum absolute atomic E-state index is 9.43. The first-order chi connectivity index (χ1) is 10.3. The number of nitrogens with one attached hydrogen (secondary N) is 1. The van der Waals surface area contributed by atoms with Gasteiger partial charge in [0.15, 0.2) is 0 Å². The van der Waals surface area contributed by atoms with E-state index in [0.717, 1.165) is 19.1 Å². The van der Waals surface area contributed by atoms with Crippen LogP contribution in [0.1, 0.15) is 71.1 Å². The molecule has 0 amide bonds. The van der Waals surface area contributed by atoms with Crippen LogP contribution in [0.4, 0.5) is 0 Å². The smallest absolute Gasteiger partial charge is 0.0558 e. The third kappa shape index (κ3) is 5.22. The minimum atomic E-state index is 0.314.